The minimum atomic E-state index is -0.633. The van der Waals surface area contributed by atoms with Crippen molar-refractivity contribution in [3.05, 3.63) is 48.5 Å². The van der Waals surface area contributed by atoms with Crippen LogP contribution >= 0.6 is 0 Å². The third-order valence-electron chi connectivity index (χ3n) is 3.44. The second-order valence-electron chi connectivity index (χ2n) is 5.35. The van der Waals surface area contributed by atoms with Crippen molar-refractivity contribution in [1.29, 1.82) is 0 Å². The summed E-state index contributed by atoms with van der Waals surface area (Å²) in [5.41, 5.74) is 2.01. The molecule has 0 aliphatic carbocycles. The Morgan fingerprint density at radius 3 is 2.17 bits per heavy atom. The lowest BCUT2D eigenvalue weighted by atomic mass is 10.1. The van der Waals surface area contributed by atoms with Crippen LogP contribution in [0.25, 0.3) is 11.1 Å². The Hall–Kier alpha value is -2.49. The maximum Gasteiger partial charge on any atom is 0.347 e. The van der Waals surface area contributed by atoms with Gasteiger partial charge in [0, 0.05) is 0 Å². The second-order valence-corrected chi connectivity index (χ2v) is 5.35. The van der Waals surface area contributed by atoms with E-state index in [4.69, 9.17) is 9.47 Å². The van der Waals surface area contributed by atoms with Gasteiger partial charge in [-0.3, -0.25) is 0 Å². The fourth-order valence-electron chi connectivity index (χ4n) is 2.07. The average molecular weight is 314 g/mol. The second kappa shape index (κ2) is 8.22. The van der Waals surface area contributed by atoms with Gasteiger partial charge in [-0.2, -0.15) is 0 Å². The molecule has 0 saturated carbocycles. The molecule has 2 rings (SSSR count). The molecule has 0 heterocycles. The normalized spacial score (nSPS) is 11.7. The molecular weight excluding hydrogens is 292 g/mol. The van der Waals surface area contributed by atoms with E-state index in [9.17, 15) is 9.90 Å². The molecule has 1 atom stereocenters. The number of hydrogen-bond donors (Lipinski definition) is 1. The molecule has 0 bridgehead atoms. The number of aromatic hydroxyl groups is 1. The number of phenolic OH excluding ortho intramolecular Hbond substituents is 1. The Morgan fingerprint density at radius 2 is 1.61 bits per heavy atom. The van der Waals surface area contributed by atoms with Crippen molar-refractivity contribution < 1.29 is 19.4 Å². The SMILES string of the molecule is CCCCOC(=O)C(C)Oc1ccc(-c2ccc(O)cc2)cc1. The highest BCUT2D eigenvalue weighted by Crippen LogP contribution is 2.24. The van der Waals surface area contributed by atoms with Crippen molar-refractivity contribution in [3.63, 3.8) is 0 Å². The van der Waals surface area contributed by atoms with E-state index in [-0.39, 0.29) is 11.7 Å². The van der Waals surface area contributed by atoms with Gasteiger partial charge in [0.2, 0.25) is 0 Å². The number of unbranched alkanes of at least 4 members (excludes halogenated alkanes) is 1. The quantitative estimate of drug-likeness (QED) is 0.615. The number of ether oxygens (including phenoxy) is 2. The van der Waals surface area contributed by atoms with Crippen LogP contribution in [0, 0.1) is 0 Å². The largest absolute Gasteiger partial charge is 0.508 e. The number of carbonyl (C=O) groups excluding carboxylic acids is 1. The number of hydrogen-bond acceptors (Lipinski definition) is 4. The van der Waals surface area contributed by atoms with Gasteiger partial charge in [0.05, 0.1) is 6.61 Å². The summed E-state index contributed by atoms with van der Waals surface area (Å²) in [5.74, 6) is 0.512. The van der Waals surface area contributed by atoms with E-state index in [2.05, 4.69) is 0 Å². The predicted octanol–water partition coefficient (Wildman–Crippen LogP) is 4.17. The zero-order valence-corrected chi connectivity index (χ0v) is 13.5. The van der Waals surface area contributed by atoms with Gasteiger partial charge in [-0.05, 0) is 48.7 Å². The zero-order valence-electron chi connectivity index (χ0n) is 13.5. The molecule has 23 heavy (non-hydrogen) atoms. The molecule has 0 radical (unpaired) electrons. The summed E-state index contributed by atoms with van der Waals surface area (Å²) < 4.78 is 10.7. The minimum absolute atomic E-state index is 0.240. The maximum atomic E-state index is 11.8. The fraction of sp³-hybridized carbons (Fsp3) is 0.316. The lowest BCUT2D eigenvalue weighted by molar-refractivity contribution is -0.151. The third kappa shape index (κ3) is 5.02. The van der Waals surface area contributed by atoms with Gasteiger partial charge in [0.1, 0.15) is 11.5 Å². The highest BCUT2D eigenvalue weighted by atomic mass is 16.6. The van der Waals surface area contributed by atoms with Gasteiger partial charge < -0.3 is 14.6 Å². The van der Waals surface area contributed by atoms with Crippen LogP contribution in [-0.2, 0) is 9.53 Å². The molecular formula is C19H22O4. The van der Waals surface area contributed by atoms with Crippen LogP contribution in [0.15, 0.2) is 48.5 Å². The van der Waals surface area contributed by atoms with Crippen molar-refractivity contribution in [2.24, 2.45) is 0 Å². The summed E-state index contributed by atoms with van der Waals surface area (Å²) in [6.45, 7) is 4.16. The van der Waals surface area contributed by atoms with E-state index in [1.807, 2.05) is 43.3 Å². The first-order valence-corrected chi connectivity index (χ1v) is 7.83. The number of rotatable bonds is 7. The smallest absolute Gasteiger partial charge is 0.347 e. The summed E-state index contributed by atoms with van der Waals surface area (Å²) in [5, 5.41) is 9.31. The standard InChI is InChI=1S/C19H22O4/c1-3-4-13-22-19(21)14(2)23-18-11-7-16(8-12-18)15-5-9-17(20)10-6-15/h5-12,14,20H,3-4,13H2,1-2H3. The van der Waals surface area contributed by atoms with E-state index >= 15 is 0 Å². The van der Waals surface area contributed by atoms with Gasteiger partial charge in [-0.25, -0.2) is 4.79 Å². The van der Waals surface area contributed by atoms with Gasteiger partial charge in [-0.15, -0.1) is 0 Å². The molecule has 0 saturated heterocycles. The number of benzene rings is 2. The van der Waals surface area contributed by atoms with Crippen molar-refractivity contribution in [1.82, 2.24) is 0 Å². The topological polar surface area (TPSA) is 55.8 Å². The van der Waals surface area contributed by atoms with Crippen LogP contribution in [0.5, 0.6) is 11.5 Å². The van der Waals surface area contributed by atoms with Crippen LogP contribution in [-0.4, -0.2) is 23.8 Å². The number of carbonyl (C=O) groups is 1. The first-order chi connectivity index (χ1) is 11.1. The van der Waals surface area contributed by atoms with E-state index in [0.717, 1.165) is 24.0 Å². The van der Waals surface area contributed by atoms with Crippen LogP contribution in [0.1, 0.15) is 26.7 Å². The summed E-state index contributed by atoms with van der Waals surface area (Å²) in [4.78, 5) is 11.8. The van der Waals surface area contributed by atoms with E-state index < -0.39 is 6.10 Å². The fourth-order valence-corrected chi connectivity index (χ4v) is 2.07. The molecule has 0 aliphatic heterocycles. The zero-order chi connectivity index (χ0) is 16.7. The molecule has 0 fully saturated rings. The number of phenols is 1. The number of esters is 1. The molecule has 0 spiro atoms. The van der Waals surface area contributed by atoms with Crippen LogP contribution in [0.2, 0.25) is 0 Å². The van der Waals surface area contributed by atoms with Crippen molar-refractivity contribution >= 4 is 5.97 Å². The average Bonchev–Trinajstić information content (AvgIpc) is 2.56. The van der Waals surface area contributed by atoms with Crippen LogP contribution in [0.3, 0.4) is 0 Å². The summed E-state index contributed by atoms with van der Waals surface area (Å²) in [7, 11) is 0. The molecule has 0 amide bonds. The predicted molar refractivity (Wildman–Crippen MR) is 89.5 cm³/mol. The molecule has 1 unspecified atom stereocenters. The Balaban J connectivity index is 1.94. The van der Waals surface area contributed by atoms with Gasteiger partial charge in [0.25, 0.3) is 0 Å². The van der Waals surface area contributed by atoms with Gasteiger partial charge in [-0.1, -0.05) is 37.6 Å². The molecule has 0 aliphatic rings. The van der Waals surface area contributed by atoms with Gasteiger partial charge >= 0.3 is 5.97 Å². The molecule has 1 N–H and O–H groups in total. The van der Waals surface area contributed by atoms with Gasteiger partial charge in [0.15, 0.2) is 6.10 Å². The Labute approximate surface area is 136 Å². The first-order valence-electron chi connectivity index (χ1n) is 7.83. The van der Waals surface area contributed by atoms with Crippen molar-refractivity contribution in [2.75, 3.05) is 6.61 Å². The van der Waals surface area contributed by atoms with E-state index in [1.165, 1.54) is 0 Å². The maximum absolute atomic E-state index is 11.8. The summed E-state index contributed by atoms with van der Waals surface area (Å²) >= 11 is 0. The van der Waals surface area contributed by atoms with E-state index in [0.29, 0.717) is 12.4 Å². The highest BCUT2D eigenvalue weighted by Gasteiger charge is 2.16. The molecule has 4 heteroatoms. The lowest BCUT2D eigenvalue weighted by Gasteiger charge is -2.14. The van der Waals surface area contributed by atoms with Crippen molar-refractivity contribution in [2.45, 2.75) is 32.8 Å². The summed E-state index contributed by atoms with van der Waals surface area (Å²) in [6.07, 6.45) is 1.22. The Morgan fingerprint density at radius 1 is 1.04 bits per heavy atom. The molecule has 2 aromatic rings. The molecule has 4 nitrogen and oxygen atoms in total. The van der Waals surface area contributed by atoms with E-state index in [1.54, 1.807) is 19.1 Å². The molecule has 0 aromatic heterocycles. The Kier molecular flexibility index (Phi) is 6.03. The third-order valence-corrected chi connectivity index (χ3v) is 3.44. The molecule has 122 valence electrons. The van der Waals surface area contributed by atoms with Crippen LogP contribution < -0.4 is 4.74 Å². The monoisotopic (exact) mass is 314 g/mol. The Bertz CT molecular complexity index is 617. The highest BCUT2D eigenvalue weighted by molar-refractivity contribution is 5.74. The van der Waals surface area contributed by atoms with Crippen LogP contribution in [0.4, 0.5) is 0 Å². The first kappa shape index (κ1) is 16.9. The summed E-state index contributed by atoms with van der Waals surface area (Å²) in [6, 6.07) is 14.4. The van der Waals surface area contributed by atoms with Crippen molar-refractivity contribution in [3.8, 4) is 22.6 Å². The lowest BCUT2D eigenvalue weighted by Crippen LogP contribution is -2.26. The molecule has 2 aromatic carbocycles. The minimum Gasteiger partial charge on any atom is -0.508 e.